The molecule has 24 heavy (non-hydrogen) atoms. The van der Waals surface area contributed by atoms with Crippen molar-refractivity contribution in [2.75, 3.05) is 13.7 Å². The van der Waals surface area contributed by atoms with Crippen LogP contribution in [0.15, 0.2) is 36.4 Å². The van der Waals surface area contributed by atoms with Crippen molar-refractivity contribution in [2.24, 2.45) is 0 Å². The summed E-state index contributed by atoms with van der Waals surface area (Å²) in [5, 5.41) is 44.4. The van der Waals surface area contributed by atoms with Gasteiger partial charge in [-0.05, 0) is 35.4 Å². The summed E-state index contributed by atoms with van der Waals surface area (Å²) in [4.78, 5) is 0. The van der Waals surface area contributed by atoms with E-state index < -0.39 is 0 Å². The van der Waals surface area contributed by atoms with E-state index in [0.717, 1.165) is 11.1 Å². The van der Waals surface area contributed by atoms with E-state index in [1.807, 2.05) is 0 Å². The van der Waals surface area contributed by atoms with Crippen LogP contribution in [0.5, 0.6) is 11.5 Å². The molecule has 0 aliphatic carbocycles. The number of hydrogen-bond donors (Lipinski definition) is 5. The number of aliphatic hydroxyl groups is 1. The number of phenolic OH excluding ortho intramolecular Hbond substituents is 2. The second kappa shape index (κ2) is 7.61. The number of aliphatic hydroxyl groups excluding tert-OH is 1. The first-order valence-corrected chi connectivity index (χ1v) is 7.37. The molecule has 5 N–H and O–H groups in total. The van der Waals surface area contributed by atoms with Gasteiger partial charge in [0.05, 0.1) is 13.7 Å². The SMILES string of the molecule is COC(=N)Cc1ccc(O)c(-c2cc(CC(=N)CO)ccc2O)c1. The molecular weight excluding hydrogens is 308 g/mol. The molecule has 0 heterocycles. The lowest BCUT2D eigenvalue weighted by atomic mass is 9.96. The van der Waals surface area contributed by atoms with E-state index in [9.17, 15) is 10.2 Å². The lowest BCUT2D eigenvalue weighted by Crippen LogP contribution is -2.06. The van der Waals surface area contributed by atoms with Gasteiger partial charge in [-0.15, -0.1) is 0 Å². The maximum absolute atomic E-state index is 10.1. The Bertz CT molecular complexity index is 706. The van der Waals surface area contributed by atoms with Crippen molar-refractivity contribution < 1.29 is 20.1 Å². The smallest absolute Gasteiger partial charge is 0.184 e. The first-order valence-electron chi connectivity index (χ1n) is 7.37. The summed E-state index contributed by atoms with van der Waals surface area (Å²) in [5.74, 6) is 0.108. The number of phenols is 2. The second-order valence-corrected chi connectivity index (χ2v) is 5.45. The molecule has 0 spiro atoms. The zero-order valence-electron chi connectivity index (χ0n) is 13.3. The number of hydrogen-bond acceptors (Lipinski definition) is 6. The summed E-state index contributed by atoms with van der Waals surface area (Å²) in [6.45, 7) is -0.323. The molecule has 0 fully saturated rings. The molecule has 126 valence electrons. The van der Waals surface area contributed by atoms with Crippen molar-refractivity contribution in [1.82, 2.24) is 0 Å². The number of aromatic hydroxyl groups is 2. The Morgan fingerprint density at radius 2 is 1.42 bits per heavy atom. The fourth-order valence-corrected chi connectivity index (χ4v) is 2.38. The van der Waals surface area contributed by atoms with Crippen molar-refractivity contribution in [3.63, 3.8) is 0 Å². The topological polar surface area (TPSA) is 118 Å². The third-order valence-electron chi connectivity index (χ3n) is 3.63. The predicted molar refractivity (Wildman–Crippen MR) is 92.2 cm³/mol. The first kappa shape index (κ1) is 17.5. The van der Waals surface area contributed by atoms with Gasteiger partial charge in [-0.1, -0.05) is 12.1 Å². The van der Waals surface area contributed by atoms with Gasteiger partial charge in [-0.2, -0.15) is 0 Å². The zero-order chi connectivity index (χ0) is 17.7. The van der Waals surface area contributed by atoms with E-state index in [0.29, 0.717) is 11.1 Å². The molecule has 0 saturated carbocycles. The molecule has 0 atom stereocenters. The van der Waals surface area contributed by atoms with E-state index in [2.05, 4.69) is 0 Å². The van der Waals surface area contributed by atoms with Gasteiger partial charge in [0.15, 0.2) is 5.90 Å². The van der Waals surface area contributed by atoms with E-state index in [1.165, 1.54) is 19.2 Å². The van der Waals surface area contributed by atoms with Gasteiger partial charge in [-0.3, -0.25) is 5.41 Å². The van der Waals surface area contributed by atoms with Crippen LogP contribution in [0.2, 0.25) is 0 Å². The highest BCUT2D eigenvalue weighted by Crippen LogP contribution is 2.36. The summed E-state index contributed by atoms with van der Waals surface area (Å²) in [6.07, 6.45) is 0.540. The summed E-state index contributed by atoms with van der Waals surface area (Å²) < 4.78 is 4.85. The molecule has 0 aliphatic rings. The molecule has 2 rings (SSSR count). The maximum Gasteiger partial charge on any atom is 0.184 e. The number of benzene rings is 2. The molecule has 0 amide bonds. The second-order valence-electron chi connectivity index (χ2n) is 5.45. The molecule has 0 radical (unpaired) electrons. The monoisotopic (exact) mass is 328 g/mol. The molecular formula is C18H20N2O4. The largest absolute Gasteiger partial charge is 0.507 e. The summed E-state index contributed by atoms with van der Waals surface area (Å²) in [6, 6.07) is 9.74. The van der Waals surface area contributed by atoms with Gasteiger partial charge in [0, 0.05) is 29.7 Å². The Kier molecular flexibility index (Phi) is 5.55. The van der Waals surface area contributed by atoms with E-state index in [4.69, 9.17) is 20.7 Å². The molecule has 2 aromatic carbocycles. The standard InChI is InChI=1S/C18H20N2O4/c1-24-18(20)9-12-3-5-17(23)15(8-12)14-7-11(2-4-16(14)22)6-13(19)10-21/h2-5,7-8,19-23H,6,9-10H2,1H3. The van der Waals surface area contributed by atoms with Crippen LogP contribution in [0, 0.1) is 10.8 Å². The maximum atomic E-state index is 10.1. The zero-order valence-corrected chi connectivity index (χ0v) is 13.3. The number of nitrogens with one attached hydrogen (secondary N) is 2. The fourth-order valence-electron chi connectivity index (χ4n) is 2.38. The Hall–Kier alpha value is -2.86. The molecule has 0 saturated heterocycles. The third-order valence-corrected chi connectivity index (χ3v) is 3.63. The fraction of sp³-hybridized carbons (Fsp3) is 0.222. The summed E-state index contributed by atoms with van der Waals surface area (Å²) in [7, 11) is 1.43. The van der Waals surface area contributed by atoms with Crippen molar-refractivity contribution in [1.29, 1.82) is 10.8 Å². The summed E-state index contributed by atoms with van der Waals surface area (Å²) in [5.41, 5.74) is 2.55. The van der Waals surface area contributed by atoms with E-state index in [1.54, 1.807) is 24.3 Å². The van der Waals surface area contributed by atoms with Crippen molar-refractivity contribution in [3.05, 3.63) is 47.5 Å². The molecule has 2 aromatic rings. The molecule has 0 bridgehead atoms. The predicted octanol–water partition coefficient (Wildman–Crippen LogP) is 2.49. The summed E-state index contributed by atoms with van der Waals surface area (Å²) >= 11 is 0. The van der Waals surface area contributed by atoms with E-state index in [-0.39, 0.29) is 42.6 Å². The lowest BCUT2D eigenvalue weighted by Gasteiger charge is -2.12. The van der Waals surface area contributed by atoms with Crippen LogP contribution < -0.4 is 0 Å². The lowest BCUT2D eigenvalue weighted by molar-refractivity contribution is 0.354. The van der Waals surface area contributed by atoms with Crippen LogP contribution in [-0.4, -0.2) is 40.6 Å². The van der Waals surface area contributed by atoms with E-state index >= 15 is 0 Å². The molecule has 0 unspecified atom stereocenters. The Morgan fingerprint density at radius 3 is 1.88 bits per heavy atom. The normalized spacial score (nSPS) is 10.4. The van der Waals surface area contributed by atoms with Crippen LogP contribution in [-0.2, 0) is 17.6 Å². The van der Waals surface area contributed by atoms with Crippen LogP contribution in [0.3, 0.4) is 0 Å². The average molecular weight is 328 g/mol. The molecule has 6 nitrogen and oxygen atoms in total. The van der Waals surface area contributed by atoms with Gasteiger partial charge in [-0.25, -0.2) is 0 Å². The highest BCUT2D eigenvalue weighted by molar-refractivity contribution is 5.85. The highest BCUT2D eigenvalue weighted by Gasteiger charge is 2.12. The van der Waals surface area contributed by atoms with Crippen LogP contribution in [0.1, 0.15) is 11.1 Å². The van der Waals surface area contributed by atoms with Gasteiger partial charge >= 0.3 is 0 Å². The van der Waals surface area contributed by atoms with Crippen molar-refractivity contribution >= 4 is 11.6 Å². The average Bonchev–Trinajstić information content (AvgIpc) is 2.58. The molecule has 0 aliphatic heterocycles. The van der Waals surface area contributed by atoms with Gasteiger partial charge in [0.1, 0.15) is 11.5 Å². The van der Waals surface area contributed by atoms with Gasteiger partial charge in [0.2, 0.25) is 0 Å². The van der Waals surface area contributed by atoms with Gasteiger partial charge < -0.3 is 25.5 Å². The number of rotatable bonds is 6. The molecule has 6 heteroatoms. The van der Waals surface area contributed by atoms with Crippen LogP contribution in [0.4, 0.5) is 0 Å². The molecule has 0 aromatic heterocycles. The van der Waals surface area contributed by atoms with Crippen molar-refractivity contribution in [2.45, 2.75) is 12.8 Å². The Labute approximate surface area is 140 Å². The van der Waals surface area contributed by atoms with Crippen molar-refractivity contribution in [3.8, 4) is 22.6 Å². The van der Waals surface area contributed by atoms with Crippen LogP contribution >= 0.6 is 0 Å². The quantitative estimate of drug-likeness (QED) is 0.413. The van der Waals surface area contributed by atoms with Crippen LogP contribution in [0.25, 0.3) is 11.1 Å². The number of ether oxygens (including phenoxy) is 1. The Morgan fingerprint density at radius 1 is 0.917 bits per heavy atom. The minimum Gasteiger partial charge on any atom is -0.507 e. The van der Waals surface area contributed by atoms with Gasteiger partial charge in [0.25, 0.3) is 0 Å². The minimum absolute atomic E-state index is 0.00328. The minimum atomic E-state index is -0.323. The Balaban J connectivity index is 2.42. The number of methoxy groups -OCH3 is 1. The third kappa shape index (κ3) is 4.11. The first-order chi connectivity index (χ1) is 11.4. The highest BCUT2D eigenvalue weighted by atomic mass is 16.5.